The smallest absolute Gasteiger partial charge is 0.0461 e. The molecule has 0 saturated carbocycles. The van der Waals surface area contributed by atoms with Gasteiger partial charge in [-0.25, -0.2) is 0 Å². The first kappa shape index (κ1) is 12.2. The Balaban J connectivity index is 1.89. The summed E-state index contributed by atoms with van der Waals surface area (Å²) in [5, 5.41) is 5.53. The molecule has 2 heterocycles. The number of H-pyrrole nitrogens is 1. The molecule has 0 fully saturated rings. The Bertz CT molecular complexity index is 689. The number of aromatic nitrogens is 1. The van der Waals surface area contributed by atoms with Crippen LogP contribution in [0.1, 0.15) is 30.2 Å². The van der Waals surface area contributed by atoms with Gasteiger partial charge in [-0.05, 0) is 52.6 Å². The molecule has 1 nitrogen and oxygen atoms in total. The van der Waals surface area contributed by atoms with Crippen LogP contribution >= 0.6 is 11.3 Å². The number of thiophene rings is 1. The zero-order chi connectivity index (χ0) is 13.1. The summed E-state index contributed by atoms with van der Waals surface area (Å²) in [4.78, 5) is 3.47. The summed E-state index contributed by atoms with van der Waals surface area (Å²) in [6.07, 6.45) is 6.63. The summed E-state index contributed by atoms with van der Waals surface area (Å²) in [5.41, 5.74) is 5.06. The second-order valence-corrected chi connectivity index (χ2v) is 5.57. The molecule has 1 N–H and O–H groups in total. The Morgan fingerprint density at radius 1 is 1.16 bits per heavy atom. The number of aryl methyl sites for hydroxylation is 1. The van der Waals surface area contributed by atoms with Gasteiger partial charge in [-0.3, -0.25) is 0 Å². The van der Waals surface area contributed by atoms with Gasteiger partial charge in [0.2, 0.25) is 0 Å². The van der Waals surface area contributed by atoms with Crippen molar-refractivity contribution in [1.82, 2.24) is 4.98 Å². The first-order valence-corrected chi connectivity index (χ1v) is 7.61. The fourth-order valence-corrected chi connectivity index (χ4v) is 2.91. The van der Waals surface area contributed by atoms with Crippen molar-refractivity contribution in [2.75, 3.05) is 0 Å². The van der Waals surface area contributed by atoms with Gasteiger partial charge in [-0.2, -0.15) is 11.3 Å². The average molecular weight is 267 g/mol. The Morgan fingerprint density at radius 3 is 2.89 bits per heavy atom. The van der Waals surface area contributed by atoms with E-state index in [9.17, 15) is 0 Å². The molecule has 3 rings (SSSR count). The maximum atomic E-state index is 3.47. The van der Waals surface area contributed by atoms with E-state index in [4.69, 9.17) is 0 Å². The van der Waals surface area contributed by atoms with E-state index in [0.29, 0.717) is 0 Å². The summed E-state index contributed by atoms with van der Waals surface area (Å²) in [5.74, 6) is 0. The number of hydrogen-bond donors (Lipinski definition) is 1. The van der Waals surface area contributed by atoms with E-state index in [2.05, 4.69) is 65.2 Å². The zero-order valence-electron chi connectivity index (χ0n) is 11.0. The molecule has 2 aromatic heterocycles. The average Bonchev–Trinajstić information content (AvgIpc) is 3.05. The quantitative estimate of drug-likeness (QED) is 0.655. The normalized spacial score (nSPS) is 11.6. The zero-order valence-corrected chi connectivity index (χ0v) is 11.8. The van der Waals surface area contributed by atoms with Crippen molar-refractivity contribution in [3.8, 4) is 0 Å². The molecule has 2 heteroatoms. The number of benzene rings is 1. The Morgan fingerprint density at radius 2 is 2.11 bits per heavy atom. The lowest BCUT2D eigenvalue weighted by atomic mass is 10.1. The van der Waals surface area contributed by atoms with Gasteiger partial charge in [0.1, 0.15) is 0 Å². The van der Waals surface area contributed by atoms with Crippen LogP contribution in [-0.4, -0.2) is 4.98 Å². The van der Waals surface area contributed by atoms with E-state index in [-0.39, 0.29) is 0 Å². The van der Waals surface area contributed by atoms with Gasteiger partial charge in [-0.15, -0.1) is 0 Å². The molecule has 96 valence electrons. The summed E-state index contributed by atoms with van der Waals surface area (Å²) in [7, 11) is 0. The number of aromatic amines is 1. The van der Waals surface area contributed by atoms with E-state index in [1.165, 1.54) is 28.5 Å². The molecule has 0 aliphatic rings. The number of fused-ring (bicyclic) bond motifs is 1. The summed E-state index contributed by atoms with van der Waals surface area (Å²) in [6, 6.07) is 11.0. The highest BCUT2D eigenvalue weighted by molar-refractivity contribution is 7.08. The topological polar surface area (TPSA) is 15.8 Å². The van der Waals surface area contributed by atoms with Crippen LogP contribution in [0.2, 0.25) is 0 Å². The van der Waals surface area contributed by atoms with Crippen LogP contribution in [0.3, 0.4) is 0 Å². The van der Waals surface area contributed by atoms with E-state index in [1.807, 2.05) is 0 Å². The number of hydrogen-bond acceptors (Lipinski definition) is 1. The van der Waals surface area contributed by atoms with Crippen molar-refractivity contribution >= 4 is 34.4 Å². The van der Waals surface area contributed by atoms with Crippen LogP contribution in [0, 0.1) is 0 Å². The summed E-state index contributed by atoms with van der Waals surface area (Å²) >= 11 is 1.73. The SMILES string of the molecule is CCCc1ccc2cc(/C=C/c3ccsc3)[nH]c2c1. The van der Waals surface area contributed by atoms with Crippen molar-refractivity contribution in [3.05, 3.63) is 57.9 Å². The fourth-order valence-electron chi connectivity index (χ4n) is 2.29. The minimum absolute atomic E-state index is 1.15. The molecular weight excluding hydrogens is 250 g/mol. The van der Waals surface area contributed by atoms with Crippen molar-refractivity contribution in [2.45, 2.75) is 19.8 Å². The van der Waals surface area contributed by atoms with Gasteiger partial charge in [0, 0.05) is 16.6 Å². The molecule has 0 radical (unpaired) electrons. The van der Waals surface area contributed by atoms with Crippen molar-refractivity contribution < 1.29 is 0 Å². The maximum absolute atomic E-state index is 3.47. The minimum atomic E-state index is 1.15. The lowest BCUT2D eigenvalue weighted by molar-refractivity contribution is 0.923. The molecule has 0 amide bonds. The van der Waals surface area contributed by atoms with E-state index < -0.39 is 0 Å². The molecule has 3 aromatic rings. The molecule has 0 aliphatic heterocycles. The Labute approximate surface area is 117 Å². The molecule has 0 atom stereocenters. The van der Waals surface area contributed by atoms with Gasteiger partial charge < -0.3 is 4.98 Å². The lowest BCUT2D eigenvalue weighted by Crippen LogP contribution is -1.81. The van der Waals surface area contributed by atoms with Gasteiger partial charge >= 0.3 is 0 Å². The lowest BCUT2D eigenvalue weighted by Gasteiger charge is -1.97. The molecule has 0 aliphatic carbocycles. The summed E-state index contributed by atoms with van der Waals surface area (Å²) in [6.45, 7) is 2.22. The number of rotatable bonds is 4. The third kappa shape index (κ3) is 2.79. The van der Waals surface area contributed by atoms with Crippen molar-refractivity contribution in [1.29, 1.82) is 0 Å². The fraction of sp³-hybridized carbons (Fsp3) is 0.176. The van der Waals surface area contributed by atoms with E-state index in [0.717, 1.165) is 12.1 Å². The molecule has 0 spiro atoms. The van der Waals surface area contributed by atoms with Crippen molar-refractivity contribution in [2.24, 2.45) is 0 Å². The van der Waals surface area contributed by atoms with Gasteiger partial charge in [-0.1, -0.05) is 31.6 Å². The molecule has 1 aromatic carbocycles. The van der Waals surface area contributed by atoms with Crippen LogP contribution in [0.4, 0.5) is 0 Å². The number of nitrogens with one attached hydrogen (secondary N) is 1. The maximum Gasteiger partial charge on any atom is 0.0461 e. The molecular formula is C17H17NS. The van der Waals surface area contributed by atoms with Crippen LogP contribution in [0.5, 0.6) is 0 Å². The van der Waals surface area contributed by atoms with Crippen LogP contribution in [-0.2, 0) is 6.42 Å². The van der Waals surface area contributed by atoms with Gasteiger partial charge in [0.15, 0.2) is 0 Å². The molecule has 19 heavy (non-hydrogen) atoms. The predicted octanol–water partition coefficient (Wildman–Crippen LogP) is 5.35. The first-order valence-electron chi connectivity index (χ1n) is 6.67. The third-order valence-corrected chi connectivity index (χ3v) is 3.95. The standard InChI is InChI=1S/C17H17NS/c1-2-3-13-4-6-15-11-16(18-17(15)10-13)7-5-14-8-9-19-12-14/h4-12,18H,2-3H2,1H3/b7-5+. The highest BCUT2D eigenvalue weighted by Gasteiger charge is 2.00. The molecule has 0 saturated heterocycles. The molecule has 0 bridgehead atoms. The largest absolute Gasteiger partial charge is 0.355 e. The van der Waals surface area contributed by atoms with E-state index in [1.54, 1.807) is 11.3 Å². The van der Waals surface area contributed by atoms with Crippen LogP contribution in [0.25, 0.3) is 23.1 Å². The minimum Gasteiger partial charge on any atom is -0.355 e. The van der Waals surface area contributed by atoms with Gasteiger partial charge in [0.25, 0.3) is 0 Å². The Kier molecular flexibility index (Phi) is 3.51. The molecule has 0 unspecified atom stereocenters. The second-order valence-electron chi connectivity index (χ2n) is 4.79. The monoisotopic (exact) mass is 267 g/mol. The predicted molar refractivity (Wildman–Crippen MR) is 85.5 cm³/mol. The van der Waals surface area contributed by atoms with Crippen LogP contribution < -0.4 is 0 Å². The Hall–Kier alpha value is -1.80. The third-order valence-electron chi connectivity index (χ3n) is 3.24. The first-order chi connectivity index (χ1) is 9.35. The van der Waals surface area contributed by atoms with Crippen LogP contribution in [0.15, 0.2) is 41.1 Å². The highest BCUT2D eigenvalue weighted by atomic mass is 32.1. The second kappa shape index (κ2) is 5.45. The van der Waals surface area contributed by atoms with E-state index >= 15 is 0 Å². The highest BCUT2D eigenvalue weighted by Crippen LogP contribution is 2.20. The van der Waals surface area contributed by atoms with Gasteiger partial charge in [0.05, 0.1) is 0 Å². The summed E-state index contributed by atoms with van der Waals surface area (Å²) < 4.78 is 0. The van der Waals surface area contributed by atoms with Crippen molar-refractivity contribution in [3.63, 3.8) is 0 Å².